The summed E-state index contributed by atoms with van der Waals surface area (Å²) in [5.41, 5.74) is 6.15. The van der Waals surface area contributed by atoms with Crippen LogP contribution in [0, 0.1) is 5.41 Å². The number of hydrogen-bond acceptors (Lipinski definition) is 5. The number of carboxylic acids is 1. The Hall–Kier alpha value is -2.45. The minimum atomic E-state index is -0.960. The highest BCUT2D eigenvalue weighted by molar-refractivity contribution is 7.20. The average molecular weight is 375 g/mol. The van der Waals surface area contributed by atoms with Crippen LogP contribution in [-0.2, 0) is 9.53 Å². The van der Waals surface area contributed by atoms with Gasteiger partial charge >= 0.3 is 5.97 Å². The van der Waals surface area contributed by atoms with Crippen LogP contribution in [0.1, 0.15) is 40.9 Å². The summed E-state index contributed by atoms with van der Waals surface area (Å²) in [6.45, 7) is -0.272. The quantitative estimate of drug-likeness (QED) is 0.455. The molecule has 1 amide bonds. The molecule has 5 N–H and O–H groups in total. The Morgan fingerprint density at radius 3 is 2.65 bits per heavy atom. The zero-order chi connectivity index (χ0) is 18.7. The monoisotopic (exact) mass is 375 g/mol. The Balaban J connectivity index is 1.58. The standard InChI is InChI=1S/C18H21N3O4S/c19-17(20)11-2-1-10-7-15(26-14(10)8-11)18(24)21-12-3-5-13(6-4-12)25-9-16(22)23/h1-2,7-8,12-13H,3-6,9H2,(H3,19,20)(H,21,24)(H,22,23)/t12-,13-. The van der Waals surface area contributed by atoms with Crippen molar-refractivity contribution >= 4 is 39.1 Å². The average Bonchev–Trinajstić information content (AvgIpc) is 3.04. The van der Waals surface area contributed by atoms with Gasteiger partial charge in [-0.25, -0.2) is 4.79 Å². The number of thiophene rings is 1. The minimum absolute atomic E-state index is 0.00757. The number of nitrogens with two attached hydrogens (primary N) is 1. The summed E-state index contributed by atoms with van der Waals surface area (Å²) in [6.07, 6.45) is 2.98. The Labute approximate surface area is 154 Å². The van der Waals surface area contributed by atoms with Crippen LogP contribution in [0.15, 0.2) is 24.3 Å². The van der Waals surface area contributed by atoms with Gasteiger partial charge in [0.25, 0.3) is 5.91 Å². The van der Waals surface area contributed by atoms with Gasteiger partial charge in [0, 0.05) is 16.3 Å². The van der Waals surface area contributed by atoms with Crippen molar-refractivity contribution in [1.29, 1.82) is 5.41 Å². The molecule has 1 aromatic heterocycles. The molecule has 0 spiro atoms. The Morgan fingerprint density at radius 2 is 2.00 bits per heavy atom. The number of hydrogen-bond donors (Lipinski definition) is 4. The molecule has 1 saturated carbocycles. The summed E-state index contributed by atoms with van der Waals surface area (Å²) in [7, 11) is 0. The number of carboxylic acid groups (broad SMARTS) is 1. The van der Waals surface area contributed by atoms with Crippen LogP contribution in [0.25, 0.3) is 10.1 Å². The zero-order valence-electron chi connectivity index (χ0n) is 14.2. The summed E-state index contributed by atoms with van der Waals surface area (Å²) in [4.78, 5) is 23.7. The van der Waals surface area contributed by atoms with Crippen LogP contribution in [-0.4, -0.2) is 41.6 Å². The van der Waals surface area contributed by atoms with Crippen molar-refractivity contribution in [3.05, 3.63) is 34.7 Å². The molecule has 0 radical (unpaired) electrons. The lowest BCUT2D eigenvalue weighted by molar-refractivity contribution is -0.145. The highest BCUT2D eigenvalue weighted by Crippen LogP contribution is 2.27. The molecule has 0 saturated heterocycles. The van der Waals surface area contributed by atoms with Crippen molar-refractivity contribution in [2.45, 2.75) is 37.8 Å². The van der Waals surface area contributed by atoms with Gasteiger partial charge in [-0.3, -0.25) is 10.2 Å². The second-order valence-corrected chi connectivity index (χ2v) is 7.51. The highest BCUT2D eigenvalue weighted by atomic mass is 32.1. The first-order valence-corrected chi connectivity index (χ1v) is 9.26. The number of nitrogens with one attached hydrogen (secondary N) is 2. The lowest BCUT2D eigenvalue weighted by atomic mass is 9.93. The number of carbonyl (C=O) groups excluding carboxylic acids is 1. The molecular formula is C18H21N3O4S. The molecule has 7 nitrogen and oxygen atoms in total. The normalized spacial score (nSPS) is 20.0. The smallest absolute Gasteiger partial charge is 0.329 e. The van der Waals surface area contributed by atoms with Gasteiger partial charge in [-0.05, 0) is 43.2 Å². The molecule has 1 aliphatic rings. The number of nitrogen functional groups attached to an aromatic ring is 1. The first-order valence-electron chi connectivity index (χ1n) is 8.44. The van der Waals surface area contributed by atoms with E-state index >= 15 is 0 Å². The summed E-state index contributed by atoms with van der Waals surface area (Å²) >= 11 is 1.38. The molecule has 0 bridgehead atoms. The van der Waals surface area contributed by atoms with E-state index in [9.17, 15) is 9.59 Å². The van der Waals surface area contributed by atoms with E-state index in [1.165, 1.54) is 11.3 Å². The van der Waals surface area contributed by atoms with E-state index < -0.39 is 5.97 Å². The maximum atomic E-state index is 12.5. The van der Waals surface area contributed by atoms with Gasteiger partial charge in [0.1, 0.15) is 12.4 Å². The Morgan fingerprint density at radius 1 is 1.27 bits per heavy atom. The number of ether oxygens (including phenoxy) is 1. The van der Waals surface area contributed by atoms with Crippen molar-refractivity contribution in [3.63, 3.8) is 0 Å². The molecule has 0 aliphatic heterocycles. The third-order valence-corrected chi connectivity index (χ3v) is 5.60. The molecule has 0 unspecified atom stereocenters. The van der Waals surface area contributed by atoms with Gasteiger partial charge in [-0.2, -0.15) is 0 Å². The van der Waals surface area contributed by atoms with Gasteiger partial charge in [-0.15, -0.1) is 11.3 Å². The summed E-state index contributed by atoms with van der Waals surface area (Å²) in [5.74, 6) is -1.06. The van der Waals surface area contributed by atoms with Gasteiger partial charge in [-0.1, -0.05) is 12.1 Å². The maximum Gasteiger partial charge on any atom is 0.329 e. The van der Waals surface area contributed by atoms with Crippen molar-refractivity contribution in [3.8, 4) is 0 Å². The molecule has 1 aliphatic carbocycles. The van der Waals surface area contributed by atoms with Crippen molar-refractivity contribution in [2.24, 2.45) is 5.73 Å². The number of amidine groups is 1. The fourth-order valence-electron chi connectivity index (χ4n) is 3.13. The van der Waals surface area contributed by atoms with Crippen LogP contribution in [0.3, 0.4) is 0 Å². The molecule has 0 atom stereocenters. The Kier molecular flexibility index (Phi) is 5.53. The van der Waals surface area contributed by atoms with Crippen molar-refractivity contribution in [2.75, 3.05) is 6.61 Å². The lowest BCUT2D eigenvalue weighted by Gasteiger charge is -2.28. The molecule has 3 rings (SSSR count). The van der Waals surface area contributed by atoms with E-state index in [2.05, 4.69) is 5.32 Å². The Bertz CT molecular complexity index is 840. The third-order valence-electron chi connectivity index (χ3n) is 4.51. The predicted octanol–water partition coefficient (Wildman–Crippen LogP) is 2.33. The molecule has 26 heavy (non-hydrogen) atoms. The van der Waals surface area contributed by atoms with E-state index in [1.54, 1.807) is 6.07 Å². The number of amides is 1. The third kappa shape index (κ3) is 4.39. The van der Waals surface area contributed by atoms with E-state index in [0.717, 1.165) is 35.8 Å². The second-order valence-electron chi connectivity index (χ2n) is 6.43. The predicted molar refractivity (Wildman–Crippen MR) is 99.9 cm³/mol. The molecular weight excluding hydrogens is 354 g/mol. The number of aliphatic carboxylic acids is 1. The van der Waals surface area contributed by atoms with Crippen molar-refractivity contribution < 1.29 is 19.4 Å². The maximum absolute atomic E-state index is 12.5. The number of benzene rings is 1. The molecule has 8 heteroatoms. The van der Waals surface area contributed by atoms with Crippen LogP contribution in [0.2, 0.25) is 0 Å². The van der Waals surface area contributed by atoms with Crippen LogP contribution in [0.4, 0.5) is 0 Å². The molecule has 1 heterocycles. The minimum Gasteiger partial charge on any atom is -0.480 e. The van der Waals surface area contributed by atoms with Gasteiger partial charge < -0.3 is 20.9 Å². The van der Waals surface area contributed by atoms with E-state index in [1.807, 2.05) is 18.2 Å². The largest absolute Gasteiger partial charge is 0.480 e. The SMILES string of the molecule is N=C(N)c1ccc2cc(C(=O)N[C@H]3CC[C@H](OCC(=O)O)CC3)sc2c1. The molecule has 1 aromatic carbocycles. The van der Waals surface area contributed by atoms with E-state index in [4.69, 9.17) is 21.0 Å². The van der Waals surface area contributed by atoms with Gasteiger partial charge in [0.15, 0.2) is 0 Å². The van der Waals surface area contributed by atoms with Gasteiger partial charge in [0.2, 0.25) is 0 Å². The summed E-state index contributed by atoms with van der Waals surface area (Å²) in [6, 6.07) is 7.39. The first-order chi connectivity index (χ1) is 12.4. The van der Waals surface area contributed by atoms with E-state index in [-0.39, 0.29) is 30.5 Å². The topological polar surface area (TPSA) is 126 Å². The molecule has 2 aromatic rings. The van der Waals surface area contributed by atoms with Crippen LogP contribution >= 0.6 is 11.3 Å². The number of rotatable bonds is 6. The second kappa shape index (κ2) is 7.84. The zero-order valence-corrected chi connectivity index (χ0v) is 15.0. The molecule has 138 valence electrons. The van der Waals surface area contributed by atoms with Crippen molar-refractivity contribution in [1.82, 2.24) is 5.32 Å². The lowest BCUT2D eigenvalue weighted by Crippen LogP contribution is -2.39. The summed E-state index contributed by atoms with van der Waals surface area (Å²) < 4.78 is 6.24. The fourth-order valence-corrected chi connectivity index (χ4v) is 4.14. The van der Waals surface area contributed by atoms with Crippen LogP contribution in [0.5, 0.6) is 0 Å². The summed E-state index contributed by atoms with van der Waals surface area (Å²) in [5, 5.41) is 20.2. The number of carbonyl (C=O) groups is 2. The van der Waals surface area contributed by atoms with Crippen LogP contribution < -0.4 is 11.1 Å². The first kappa shape index (κ1) is 18.3. The molecule has 1 fully saturated rings. The van der Waals surface area contributed by atoms with Gasteiger partial charge in [0.05, 0.1) is 11.0 Å². The number of fused-ring (bicyclic) bond motifs is 1. The fraction of sp³-hybridized carbons (Fsp3) is 0.389. The highest BCUT2D eigenvalue weighted by Gasteiger charge is 2.24. The van der Waals surface area contributed by atoms with E-state index in [0.29, 0.717) is 10.4 Å².